The molecule has 1 atom stereocenters. The van der Waals surface area contributed by atoms with Crippen LogP contribution in [-0.2, 0) is 26.2 Å². The van der Waals surface area contributed by atoms with Crippen molar-refractivity contribution in [2.24, 2.45) is 0 Å². The van der Waals surface area contributed by atoms with Crippen LogP contribution in [0.25, 0.3) is 0 Å². The van der Waals surface area contributed by atoms with Crippen LogP contribution in [0, 0.1) is 0 Å². The van der Waals surface area contributed by atoms with Crippen molar-refractivity contribution in [3.05, 3.63) is 63.6 Å². The first-order valence-corrected chi connectivity index (χ1v) is 13.1. The minimum absolute atomic E-state index is 0.142. The van der Waals surface area contributed by atoms with Gasteiger partial charge in [-0.15, -0.1) is 0 Å². The predicted octanol–water partition coefficient (Wildman–Crippen LogP) is 3.81. The second-order valence-corrected chi connectivity index (χ2v) is 10.5. The highest BCUT2D eigenvalue weighted by Crippen LogP contribution is 2.22. The van der Waals surface area contributed by atoms with E-state index in [0.29, 0.717) is 23.7 Å². The number of carbonyl (C=O) groups is 2. The quantitative estimate of drug-likeness (QED) is 0.493. The van der Waals surface area contributed by atoms with Gasteiger partial charge in [0, 0.05) is 22.6 Å². The van der Waals surface area contributed by atoms with Crippen LogP contribution in [0.1, 0.15) is 25.8 Å². The zero-order chi connectivity index (χ0) is 23.9. The maximum Gasteiger partial charge on any atom is 0.244 e. The minimum Gasteiger partial charge on any atom is -0.355 e. The molecule has 0 saturated carbocycles. The number of hydrogen-bond acceptors (Lipinski definition) is 4. The van der Waals surface area contributed by atoms with Gasteiger partial charge >= 0.3 is 0 Å². The number of benzene rings is 2. The lowest BCUT2D eigenvalue weighted by molar-refractivity contribution is -0.140. The molecule has 0 heterocycles. The van der Waals surface area contributed by atoms with Gasteiger partial charge in [0.05, 0.1) is 11.9 Å². The number of halogens is 2. The Morgan fingerprint density at radius 1 is 1.06 bits per heavy atom. The zero-order valence-corrected chi connectivity index (χ0v) is 21.4. The fourth-order valence-electron chi connectivity index (χ4n) is 3.22. The van der Waals surface area contributed by atoms with Gasteiger partial charge < -0.3 is 10.2 Å². The predicted molar refractivity (Wildman–Crippen MR) is 131 cm³/mol. The van der Waals surface area contributed by atoms with Gasteiger partial charge in [0.2, 0.25) is 21.8 Å². The normalized spacial score (nSPS) is 12.2. The molecular weight excluding hydrogens is 518 g/mol. The van der Waals surface area contributed by atoms with Crippen molar-refractivity contribution in [3.63, 3.8) is 0 Å². The highest BCUT2D eigenvalue weighted by molar-refractivity contribution is 9.10. The van der Waals surface area contributed by atoms with Gasteiger partial charge in [0.25, 0.3) is 0 Å². The Kier molecular flexibility index (Phi) is 9.54. The van der Waals surface area contributed by atoms with Crippen LogP contribution in [0.5, 0.6) is 0 Å². The van der Waals surface area contributed by atoms with Crippen LogP contribution in [0.4, 0.5) is 5.69 Å². The lowest BCUT2D eigenvalue weighted by atomic mass is 10.1. The smallest absolute Gasteiger partial charge is 0.244 e. The number of carbonyl (C=O) groups excluding carboxylic acids is 2. The lowest BCUT2D eigenvalue weighted by Gasteiger charge is -2.32. The summed E-state index contributed by atoms with van der Waals surface area (Å²) in [5.74, 6) is -0.766. The van der Waals surface area contributed by atoms with Gasteiger partial charge in [-0.3, -0.25) is 13.9 Å². The second kappa shape index (κ2) is 11.7. The molecule has 32 heavy (non-hydrogen) atoms. The molecule has 0 bridgehead atoms. The van der Waals surface area contributed by atoms with E-state index in [1.807, 2.05) is 6.92 Å². The molecule has 174 valence electrons. The van der Waals surface area contributed by atoms with Gasteiger partial charge in [0.1, 0.15) is 12.6 Å². The van der Waals surface area contributed by atoms with Crippen molar-refractivity contribution in [1.29, 1.82) is 0 Å². The molecular formula is C22H27BrClN3O4S. The summed E-state index contributed by atoms with van der Waals surface area (Å²) in [6.07, 6.45) is 1.43. The summed E-state index contributed by atoms with van der Waals surface area (Å²) in [7, 11) is -3.75. The number of likely N-dealkylation sites (N-methyl/N-ethyl adjacent to an activating group) is 1. The summed E-state index contributed by atoms with van der Waals surface area (Å²) < 4.78 is 26.8. The molecule has 0 aliphatic rings. The highest BCUT2D eigenvalue weighted by Gasteiger charge is 2.31. The van der Waals surface area contributed by atoms with Crippen LogP contribution >= 0.6 is 27.5 Å². The third-order valence-electron chi connectivity index (χ3n) is 4.80. The molecule has 2 aromatic carbocycles. The summed E-state index contributed by atoms with van der Waals surface area (Å²) in [5, 5.41) is 3.31. The fraction of sp³-hybridized carbons (Fsp3) is 0.364. The highest BCUT2D eigenvalue weighted by atomic mass is 79.9. The summed E-state index contributed by atoms with van der Waals surface area (Å²) >= 11 is 9.29. The summed E-state index contributed by atoms with van der Waals surface area (Å²) in [5.41, 5.74) is 1.14. The molecule has 0 fully saturated rings. The van der Waals surface area contributed by atoms with Crippen LogP contribution < -0.4 is 9.62 Å². The molecule has 2 rings (SSSR count). The summed E-state index contributed by atoms with van der Waals surface area (Å²) in [6.45, 7) is 3.75. The Labute approximate surface area is 202 Å². The third-order valence-corrected chi connectivity index (χ3v) is 6.72. The Morgan fingerprint density at radius 2 is 1.66 bits per heavy atom. The number of amides is 2. The van der Waals surface area contributed by atoms with E-state index in [1.165, 1.54) is 4.90 Å². The molecule has 10 heteroatoms. The monoisotopic (exact) mass is 543 g/mol. The molecule has 2 amide bonds. The first kappa shape index (κ1) is 26.2. The van der Waals surface area contributed by atoms with Gasteiger partial charge in [-0.05, 0) is 55.3 Å². The molecule has 0 aliphatic heterocycles. The standard InChI is InChI=1S/C22H27BrClN3O4S/c1-4-20(22(29)25-5-2)26(14-16-6-10-18(24)11-7-16)21(28)15-27(32(3,30)31)19-12-8-17(23)9-13-19/h6-13,20H,4-5,14-15H2,1-3H3,(H,25,29)/t20-/m0/s1. The minimum atomic E-state index is -3.75. The van der Waals surface area contributed by atoms with Gasteiger partial charge in [-0.2, -0.15) is 0 Å². The molecule has 0 unspecified atom stereocenters. The zero-order valence-electron chi connectivity index (χ0n) is 18.2. The van der Waals surface area contributed by atoms with E-state index in [0.717, 1.165) is 20.6 Å². The van der Waals surface area contributed by atoms with E-state index in [1.54, 1.807) is 55.5 Å². The number of nitrogens with zero attached hydrogens (tertiary/aromatic N) is 2. The van der Waals surface area contributed by atoms with E-state index >= 15 is 0 Å². The molecule has 0 saturated heterocycles. The Balaban J connectivity index is 2.40. The third kappa shape index (κ3) is 7.21. The van der Waals surface area contributed by atoms with Crippen molar-refractivity contribution in [3.8, 4) is 0 Å². The topological polar surface area (TPSA) is 86.8 Å². The van der Waals surface area contributed by atoms with Crippen LogP contribution in [0.3, 0.4) is 0 Å². The molecule has 0 aliphatic carbocycles. The van der Waals surface area contributed by atoms with Gasteiger partial charge in [0.15, 0.2) is 0 Å². The van der Waals surface area contributed by atoms with E-state index in [-0.39, 0.29) is 12.5 Å². The SMILES string of the molecule is CCNC(=O)[C@H](CC)N(Cc1ccc(Cl)cc1)C(=O)CN(c1ccc(Br)cc1)S(C)(=O)=O. The average molecular weight is 545 g/mol. The largest absolute Gasteiger partial charge is 0.355 e. The fourth-order valence-corrected chi connectivity index (χ4v) is 4.46. The summed E-state index contributed by atoms with van der Waals surface area (Å²) in [6, 6.07) is 12.8. The van der Waals surface area contributed by atoms with Crippen molar-refractivity contribution >= 4 is 55.1 Å². The Morgan fingerprint density at radius 3 is 2.16 bits per heavy atom. The Hall–Kier alpha value is -2.10. The van der Waals surface area contributed by atoms with Crippen molar-refractivity contribution in [1.82, 2.24) is 10.2 Å². The van der Waals surface area contributed by atoms with Crippen molar-refractivity contribution in [2.75, 3.05) is 23.7 Å². The van der Waals surface area contributed by atoms with E-state index < -0.39 is 28.5 Å². The Bertz CT molecular complexity index is 1030. The van der Waals surface area contributed by atoms with E-state index in [2.05, 4.69) is 21.2 Å². The molecule has 0 aromatic heterocycles. The maximum atomic E-state index is 13.4. The van der Waals surface area contributed by atoms with E-state index in [4.69, 9.17) is 11.6 Å². The first-order valence-electron chi connectivity index (χ1n) is 10.1. The maximum absolute atomic E-state index is 13.4. The molecule has 7 nitrogen and oxygen atoms in total. The molecule has 0 spiro atoms. The lowest BCUT2D eigenvalue weighted by Crippen LogP contribution is -2.52. The van der Waals surface area contributed by atoms with Crippen LogP contribution in [0.2, 0.25) is 5.02 Å². The van der Waals surface area contributed by atoms with Crippen molar-refractivity contribution < 1.29 is 18.0 Å². The number of sulfonamides is 1. The van der Waals surface area contributed by atoms with Crippen LogP contribution in [-0.4, -0.2) is 50.5 Å². The second-order valence-electron chi connectivity index (χ2n) is 7.21. The molecule has 2 aromatic rings. The van der Waals surface area contributed by atoms with Crippen LogP contribution in [0.15, 0.2) is 53.0 Å². The van der Waals surface area contributed by atoms with E-state index in [9.17, 15) is 18.0 Å². The number of hydrogen-bond donors (Lipinski definition) is 1. The van der Waals surface area contributed by atoms with Gasteiger partial charge in [-0.25, -0.2) is 8.42 Å². The number of rotatable bonds is 10. The molecule has 1 N–H and O–H groups in total. The summed E-state index contributed by atoms with van der Waals surface area (Å²) in [4.78, 5) is 27.5. The number of nitrogens with one attached hydrogen (secondary N) is 1. The van der Waals surface area contributed by atoms with Gasteiger partial charge in [-0.1, -0.05) is 46.6 Å². The number of anilines is 1. The molecule has 0 radical (unpaired) electrons. The first-order chi connectivity index (χ1) is 15.1. The van der Waals surface area contributed by atoms with Crippen molar-refractivity contribution in [2.45, 2.75) is 32.9 Å². The average Bonchev–Trinajstić information content (AvgIpc) is 2.73.